The zero-order valence-corrected chi connectivity index (χ0v) is 17.0. The normalized spacial score (nSPS) is 16.0. The molecule has 1 fully saturated rings. The number of carbonyl (C=O) groups excluding carboxylic acids is 2. The number of hydrogen-bond donors (Lipinski definition) is 1. The molecule has 1 aliphatic rings. The molecule has 1 aliphatic heterocycles. The molecular weight excluding hydrogens is 378 g/mol. The van der Waals surface area contributed by atoms with Gasteiger partial charge in [0.2, 0.25) is 11.8 Å². The number of anilines is 2. The molecule has 0 spiro atoms. The average Bonchev–Trinajstić information content (AvgIpc) is 3.20. The van der Waals surface area contributed by atoms with Gasteiger partial charge in [-0.3, -0.25) is 9.59 Å². The monoisotopic (exact) mass is 399 g/mol. The van der Waals surface area contributed by atoms with Gasteiger partial charge in [0.25, 0.3) is 0 Å². The van der Waals surface area contributed by atoms with Crippen LogP contribution in [0.5, 0.6) is 11.5 Å². The van der Waals surface area contributed by atoms with E-state index in [1.54, 1.807) is 30.2 Å². The molecule has 146 valence electrons. The molecule has 1 aromatic heterocycles. The van der Waals surface area contributed by atoms with E-state index < -0.39 is 5.92 Å². The summed E-state index contributed by atoms with van der Waals surface area (Å²) < 4.78 is 10.6. The predicted molar refractivity (Wildman–Crippen MR) is 107 cm³/mol. The summed E-state index contributed by atoms with van der Waals surface area (Å²) in [5.41, 5.74) is 1.92. The molecule has 1 atom stereocenters. The fraction of sp³-hybridized carbons (Fsp3) is 0.350. The van der Waals surface area contributed by atoms with E-state index in [9.17, 15) is 14.9 Å². The summed E-state index contributed by atoms with van der Waals surface area (Å²) in [7, 11) is 3.08. The van der Waals surface area contributed by atoms with Crippen LogP contribution in [0.15, 0.2) is 18.2 Å². The van der Waals surface area contributed by atoms with Crippen molar-refractivity contribution in [2.75, 3.05) is 31.0 Å². The zero-order chi connectivity index (χ0) is 20.4. The molecule has 28 heavy (non-hydrogen) atoms. The van der Waals surface area contributed by atoms with Gasteiger partial charge in [0.05, 0.1) is 31.4 Å². The van der Waals surface area contributed by atoms with E-state index in [0.29, 0.717) is 27.8 Å². The Kier molecular flexibility index (Phi) is 5.56. The van der Waals surface area contributed by atoms with Crippen LogP contribution in [0.2, 0.25) is 0 Å². The number of benzene rings is 1. The zero-order valence-electron chi connectivity index (χ0n) is 16.2. The highest BCUT2D eigenvalue weighted by atomic mass is 32.1. The third kappa shape index (κ3) is 3.53. The number of hydrogen-bond acceptors (Lipinski definition) is 6. The third-order valence-electron chi connectivity index (χ3n) is 4.91. The van der Waals surface area contributed by atoms with Crippen molar-refractivity contribution >= 4 is 33.8 Å². The minimum atomic E-state index is -0.516. The number of rotatable bonds is 5. The second kappa shape index (κ2) is 7.90. The van der Waals surface area contributed by atoms with Gasteiger partial charge in [-0.1, -0.05) is 0 Å². The molecule has 1 unspecified atom stereocenters. The summed E-state index contributed by atoms with van der Waals surface area (Å²) in [6.45, 7) is 4.00. The van der Waals surface area contributed by atoms with Crippen LogP contribution >= 0.6 is 11.3 Å². The van der Waals surface area contributed by atoms with E-state index in [1.165, 1.54) is 18.4 Å². The summed E-state index contributed by atoms with van der Waals surface area (Å²) in [6, 6.07) is 7.33. The van der Waals surface area contributed by atoms with Crippen molar-refractivity contribution in [1.29, 1.82) is 5.26 Å². The van der Waals surface area contributed by atoms with Crippen molar-refractivity contribution in [3.8, 4) is 17.6 Å². The molecule has 7 nitrogen and oxygen atoms in total. The SMILES string of the molecule is COc1ccc(OC)c(N2CC(C(=O)Nc3sc(C)c(C)c3C#N)CC2=O)c1. The lowest BCUT2D eigenvalue weighted by molar-refractivity contribution is -0.122. The fourth-order valence-corrected chi connectivity index (χ4v) is 4.20. The fourth-order valence-electron chi connectivity index (χ4n) is 3.19. The van der Waals surface area contributed by atoms with Crippen LogP contribution in [0.4, 0.5) is 10.7 Å². The lowest BCUT2D eigenvalue weighted by Gasteiger charge is -2.20. The lowest BCUT2D eigenvalue weighted by Crippen LogP contribution is -2.28. The van der Waals surface area contributed by atoms with Crippen LogP contribution in [-0.2, 0) is 9.59 Å². The van der Waals surface area contributed by atoms with Crippen molar-refractivity contribution in [3.05, 3.63) is 34.2 Å². The van der Waals surface area contributed by atoms with Crippen LogP contribution in [-0.4, -0.2) is 32.6 Å². The molecule has 0 aliphatic carbocycles. The Morgan fingerprint density at radius 1 is 1.32 bits per heavy atom. The summed E-state index contributed by atoms with van der Waals surface area (Å²) in [6.07, 6.45) is 0.0947. The molecule has 0 saturated carbocycles. The van der Waals surface area contributed by atoms with Crippen LogP contribution in [0.25, 0.3) is 0 Å². The number of amides is 2. The van der Waals surface area contributed by atoms with Gasteiger partial charge in [0.15, 0.2) is 0 Å². The van der Waals surface area contributed by atoms with Gasteiger partial charge in [-0.25, -0.2) is 0 Å². The molecule has 0 bridgehead atoms. The van der Waals surface area contributed by atoms with Crippen LogP contribution < -0.4 is 19.7 Å². The molecule has 0 radical (unpaired) electrons. The first kappa shape index (κ1) is 19.7. The second-order valence-corrected chi connectivity index (χ2v) is 7.76. The Bertz CT molecular complexity index is 977. The maximum absolute atomic E-state index is 12.8. The third-order valence-corrected chi connectivity index (χ3v) is 6.03. The maximum atomic E-state index is 12.8. The number of nitrogens with one attached hydrogen (secondary N) is 1. The number of methoxy groups -OCH3 is 2. The molecule has 1 N–H and O–H groups in total. The highest BCUT2D eigenvalue weighted by Crippen LogP contribution is 2.37. The Hall–Kier alpha value is -3.05. The van der Waals surface area contributed by atoms with Crippen molar-refractivity contribution < 1.29 is 19.1 Å². The molecule has 1 aromatic carbocycles. The first-order valence-electron chi connectivity index (χ1n) is 8.73. The lowest BCUT2D eigenvalue weighted by atomic mass is 10.1. The summed E-state index contributed by atoms with van der Waals surface area (Å²) in [4.78, 5) is 27.9. The largest absolute Gasteiger partial charge is 0.497 e. The molecule has 2 aromatic rings. The van der Waals surface area contributed by atoms with Gasteiger partial charge in [-0.2, -0.15) is 5.26 Å². The molecule has 3 rings (SSSR count). The number of nitriles is 1. The van der Waals surface area contributed by atoms with Crippen molar-refractivity contribution in [3.63, 3.8) is 0 Å². The van der Waals surface area contributed by atoms with Gasteiger partial charge < -0.3 is 19.7 Å². The van der Waals surface area contributed by atoms with Crippen molar-refractivity contribution in [2.24, 2.45) is 5.92 Å². The Labute approximate surface area is 167 Å². The standard InChI is InChI=1S/C20H21N3O4S/c1-11-12(2)28-20(15(11)9-21)22-19(25)13-7-18(24)23(10-13)16-8-14(26-3)5-6-17(16)27-4/h5-6,8,13H,7,10H2,1-4H3,(H,22,25). The first-order chi connectivity index (χ1) is 13.4. The number of thiophene rings is 1. The Morgan fingerprint density at radius 2 is 2.07 bits per heavy atom. The van der Waals surface area contributed by atoms with Crippen molar-refractivity contribution in [1.82, 2.24) is 0 Å². The van der Waals surface area contributed by atoms with E-state index in [2.05, 4.69) is 11.4 Å². The van der Waals surface area contributed by atoms with E-state index in [1.807, 2.05) is 13.8 Å². The molecule has 2 amide bonds. The minimum Gasteiger partial charge on any atom is -0.497 e. The van der Waals surface area contributed by atoms with Crippen LogP contribution in [0.3, 0.4) is 0 Å². The van der Waals surface area contributed by atoms with Gasteiger partial charge in [0.1, 0.15) is 22.6 Å². The van der Waals surface area contributed by atoms with Gasteiger partial charge in [-0.15, -0.1) is 11.3 Å². The second-order valence-electron chi connectivity index (χ2n) is 6.53. The van der Waals surface area contributed by atoms with Gasteiger partial charge in [0, 0.05) is 23.9 Å². The average molecular weight is 399 g/mol. The predicted octanol–water partition coefficient (Wildman–Crippen LogP) is 3.25. The van der Waals surface area contributed by atoms with E-state index in [4.69, 9.17) is 9.47 Å². The topological polar surface area (TPSA) is 91.7 Å². The molecular formula is C20H21N3O4S. The van der Waals surface area contributed by atoms with Gasteiger partial charge >= 0.3 is 0 Å². The quantitative estimate of drug-likeness (QED) is 0.833. The van der Waals surface area contributed by atoms with E-state index in [0.717, 1.165) is 10.4 Å². The van der Waals surface area contributed by atoms with Gasteiger partial charge in [-0.05, 0) is 31.5 Å². The highest BCUT2D eigenvalue weighted by Gasteiger charge is 2.37. The number of carbonyl (C=O) groups is 2. The number of nitrogens with zero attached hydrogens (tertiary/aromatic N) is 2. The van der Waals surface area contributed by atoms with Crippen molar-refractivity contribution in [2.45, 2.75) is 20.3 Å². The summed E-state index contributed by atoms with van der Waals surface area (Å²) in [5, 5.41) is 12.7. The number of ether oxygens (including phenoxy) is 2. The number of aryl methyl sites for hydroxylation is 1. The van der Waals surface area contributed by atoms with Crippen LogP contribution in [0.1, 0.15) is 22.4 Å². The smallest absolute Gasteiger partial charge is 0.230 e. The Balaban J connectivity index is 1.81. The molecule has 2 heterocycles. The summed E-state index contributed by atoms with van der Waals surface area (Å²) in [5.74, 6) is 0.185. The van der Waals surface area contributed by atoms with E-state index in [-0.39, 0.29) is 24.8 Å². The minimum absolute atomic E-state index is 0.0947. The highest BCUT2D eigenvalue weighted by molar-refractivity contribution is 7.16. The maximum Gasteiger partial charge on any atom is 0.230 e. The van der Waals surface area contributed by atoms with Crippen LogP contribution in [0, 0.1) is 31.1 Å². The van der Waals surface area contributed by atoms with E-state index >= 15 is 0 Å². The Morgan fingerprint density at radius 3 is 2.71 bits per heavy atom. The molecule has 1 saturated heterocycles. The molecule has 8 heteroatoms. The summed E-state index contributed by atoms with van der Waals surface area (Å²) >= 11 is 1.37. The first-order valence-corrected chi connectivity index (χ1v) is 9.54.